The molecule has 19 heavy (non-hydrogen) atoms. The van der Waals surface area contributed by atoms with Crippen molar-refractivity contribution in [1.29, 1.82) is 0 Å². The highest BCUT2D eigenvalue weighted by atomic mass is 35.5. The van der Waals surface area contributed by atoms with Crippen molar-refractivity contribution < 1.29 is 8.42 Å². The van der Waals surface area contributed by atoms with Crippen LogP contribution in [0, 0.1) is 18.8 Å². The van der Waals surface area contributed by atoms with Crippen LogP contribution in [0.25, 0.3) is 0 Å². The molecule has 0 heterocycles. The molecule has 0 aromatic heterocycles. The summed E-state index contributed by atoms with van der Waals surface area (Å²) in [5.74, 6) is 1.44. The maximum atomic E-state index is 12.2. The minimum Gasteiger partial charge on any atom is -0.211 e. The second-order valence-electron chi connectivity index (χ2n) is 5.27. The van der Waals surface area contributed by atoms with Crippen LogP contribution in [-0.2, 0) is 10.0 Å². The lowest BCUT2D eigenvalue weighted by Gasteiger charge is -2.17. The molecule has 1 aliphatic carbocycles. The molecule has 5 heteroatoms. The van der Waals surface area contributed by atoms with Gasteiger partial charge in [-0.25, -0.2) is 13.1 Å². The van der Waals surface area contributed by atoms with E-state index in [-0.39, 0.29) is 0 Å². The molecule has 2 unspecified atom stereocenters. The zero-order valence-corrected chi connectivity index (χ0v) is 12.7. The van der Waals surface area contributed by atoms with E-state index >= 15 is 0 Å². The van der Waals surface area contributed by atoms with Gasteiger partial charge in [-0.1, -0.05) is 18.6 Å². The van der Waals surface area contributed by atoms with Crippen LogP contribution < -0.4 is 4.72 Å². The maximum Gasteiger partial charge on any atom is 0.240 e. The molecule has 106 valence electrons. The average molecular weight is 302 g/mol. The molecule has 2 atom stereocenters. The van der Waals surface area contributed by atoms with Crippen molar-refractivity contribution in [1.82, 2.24) is 4.72 Å². The Balaban J connectivity index is 2.02. The number of hydrogen-bond donors (Lipinski definition) is 1. The van der Waals surface area contributed by atoms with E-state index in [1.54, 1.807) is 18.2 Å². The van der Waals surface area contributed by atoms with E-state index in [2.05, 4.69) is 4.72 Å². The van der Waals surface area contributed by atoms with Gasteiger partial charge in [-0.15, -0.1) is 11.6 Å². The van der Waals surface area contributed by atoms with Gasteiger partial charge in [0.15, 0.2) is 0 Å². The van der Waals surface area contributed by atoms with Gasteiger partial charge < -0.3 is 0 Å². The summed E-state index contributed by atoms with van der Waals surface area (Å²) in [6.45, 7) is 2.38. The topological polar surface area (TPSA) is 46.2 Å². The molecule has 1 aromatic carbocycles. The van der Waals surface area contributed by atoms with Gasteiger partial charge in [-0.2, -0.15) is 0 Å². The lowest BCUT2D eigenvalue weighted by Crippen LogP contribution is -2.31. The Hall–Kier alpha value is -0.580. The number of nitrogens with one attached hydrogen (secondary N) is 1. The predicted molar refractivity (Wildman–Crippen MR) is 77.9 cm³/mol. The zero-order chi connectivity index (χ0) is 13.9. The van der Waals surface area contributed by atoms with Crippen molar-refractivity contribution in [2.45, 2.75) is 31.1 Å². The summed E-state index contributed by atoms with van der Waals surface area (Å²) >= 11 is 5.91. The van der Waals surface area contributed by atoms with Gasteiger partial charge in [-0.3, -0.25) is 0 Å². The number of halogens is 1. The fourth-order valence-corrected chi connectivity index (χ4v) is 4.27. The van der Waals surface area contributed by atoms with Crippen molar-refractivity contribution in [2.24, 2.45) is 11.8 Å². The van der Waals surface area contributed by atoms with E-state index < -0.39 is 10.0 Å². The number of rotatable bonds is 5. The third-order valence-electron chi connectivity index (χ3n) is 3.85. The Morgan fingerprint density at radius 2 is 2.05 bits per heavy atom. The standard InChI is InChI=1S/C14H20ClNO2S/c1-11-4-2-7-14(8-11)19(17,18)16-10-13-6-3-5-12(13)9-15/h2,4,7-8,12-13,16H,3,5-6,9-10H2,1H3. The normalized spacial score (nSPS) is 23.7. The van der Waals surface area contributed by atoms with Gasteiger partial charge in [0.05, 0.1) is 4.90 Å². The maximum absolute atomic E-state index is 12.2. The largest absolute Gasteiger partial charge is 0.240 e. The number of sulfonamides is 1. The van der Waals surface area contributed by atoms with E-state index in [0.717, 1.165) is 24.8 Å². The summed E-state index contributed by atoms with van der Waals surface area (Å²) in [5.41, 5.74) is 0.947. The molecular weight excluding hydrogens is 282 g/mol. The average Bonchev–Trinajstić information content (AvgIpc) is 2.84. The number of aryl methyl sites for hydroxylation is 1. The second-order valence-corrected chi connectivity index (χ2v) is 7.35. The first-order valence-electron chi connectivity index (χ1n) is 6.65. The fraction of sp³-hybridized carbons (Fsp3) is 0.571. The van der Waals surface area contributed by atoms with Gasteiger partial charge >= 0.3 is 0 Å². The molecule has 0 amide bonds. The summed E-state index contributed by atoms with van der Waals surface area (Å²) < 4.78 is 27.1. The molecule has 0 aliphatic heterocycles. The first kappa shape index (κ1) is 14.8. The Bertz CT molecular complexity index is 530. The van der Waals surface area contributed by atoms with Crippen molar-refractivity contribution in [3.05, 3.63) is 29.8 Å². The van der Waals surface area contributed by atoms with Crippen molar-refractivity contribution >= 4 is 21.6 Å². The summed E-state index contributed by atoms with van der Waals surface area (Å²) in [6.07, 6.45) is 3.32. The first-order valence-corrected chi connectivity index (χ1v) is 8.67. The first-order chi connectivity index (χ1) is 9.03. The number of benzene rings is 1. The molecule has 1 aromatic rings. The Morgan fingerprint density at radius 1 is 1.32 bits per heavy atom. The minimum atomic E-state index is -3.39. The van der Waals surface area contributed by atoms with Crippen LogP contribution in [-0.4, -0.2) is 20.8 Å². The highest BCUT2D eigenvalue weighted by Crippen LogP contribution is 2.32. The SMILES string of the molecule is Cc1cccc(S(=O)(=O)NCC2CCCC2CCl)c1. The van der Waals surface area contributed by atoms with Crippen LogP contribution in [0.15, 0.2) is 29.2 Å². The Labute approximate surface area is 120 Å². The third-order valence-corrected chi connectivity index (χ3v) is 5.67. The van der Waals surface area contributed by atoms with E-state index in [1.807, 2.05) is 13.0 Å². The van der Waals surface area contributed by atoms with E-state index in [0.29, 0.717) is 29.2 Å². The van der Waals surface area contributed by atoms with Gasteiger partial charge in [0.25, 0.3) is 0 Å². The Kier molecular flexibility index (Phi) is 4.87. The van der Waals surface area contributed by atoms with Gasteiger partial charge in [0, 0.05) is 12.4 Å². The van der Waals surface area contributed by atoms with Crippen molar-refractivity contribution in [2.75, 3.05) is 12.4 Å². The smallest absolute Gasteiger partial charge is 0.211 e. The fourth-order valence-electron chi connectivity index (χ4n) is 2.67. The summed E-state index contributed by atoms with van der Waals surface area (Å²) in [7, 11) is -3.39. The van der Waals surface area contributed by atoms with E-state index in [1.165, 1.54) is 0 Å². The molecule has 1 N–H and O–H groups in total. The highest BCUT2D eigenvalue weighted by Gasteiger charge is 2.27. The number of alkyl halides is 1. The Morgan fingerprint density at radius 3 is 2.74 bits per heavy atom. The molecule has 1 saturated carbocycles. The summed E-state index contributed by atoms with van der Waals surface area (Å²) in [4.78, 5) is 0.341. The lowest BCUT2D eigenvalue weighted by molar-refractivity contribution is 0.418. The molecule has 3 nitrogen and oxygen atoms in total. The van der Waals surface area contributed by atoms with Crippen LogP contribution in [0.2, 0.25) is 0 Å². The van der Waals surface area contributed by atoms with Crippen LogP contribution in [0.1, 0.15) is 24.8 Å². The van der Waals surface area contributed by atoms with E-state index in [4.69, 9.17) is 11.6 Å². The molecule has 1 aliphatic rings. The van der Waals surface area contributed by atoms with Gasteiger partial charge in [0.2, 0.25) is 10.0 Å². The minimum absolute atomic E-state index is 0.341. The molecule has 0 bridgehead atoms. The molecular formula is C14H20ClNO2S. The predicted octanol–water partition coefficient (Wildman–Crippen LogP) is 2.93. The van der Waals surface area contributed by atoms with Gasteiger partial charge in [0.1, 0.15) is 0 Å². The van der Waals surface area contributed by atoms with Crippen LogP contribution in [0.3, 0.4) is 0 Å². The van der Waals surface area contributed by atoms with Gasteiger partial charge in [-0.05, 0) is 49.3 Å². The van der Waals surface area contributed by atoms with Crippen molar-refractivity contribution in [3.63, 3.8) is 0 Å². The quantitative estimate of drug-likeness (QED) is 0.850. The van der Waals surface area contributed by atoms with E-state index in [9.17, 15) is 8.42 Å². The summed E-state index contributed by atoms with van der Waals surface area (Å²) in [5, 5.41) is 0. The highest BCUT2D eigenvalue weighted by molar-refractivity contribution is 7.89. The lowest BCUT2D eigenvalue weighted by atomic mass is 9.98. The van der Waals surface area contributed by atoms with Crippen LogP contribution in [0.5, 0.6) is 0 Å². The van der Waals surface area contributed by atoms with Crippen molar-refractivity contribution in [3.8, 4) is 0 Å². The summed E-state index contributed by atoms with van der Waals surface area (Å²) in [6, 6.07) is 6.97. The van der Waals surface area contributed by atoms with Crippen LogP contribution >= 0.6 is 11.6 Å². The second kappa shape index (κ2) is 6.25. The molecule has 0 saturated heterocycles. The molecule has 0 spiro atoms. The molecule has 2 rings (SSSR count). The molecule has 0 radical (unpaired) electrons. The number of hydrogen-bond acceptors (Lipinski definition) is 2. The van der Waals surface area contributed by atoms with Crippen LogP contribution in [0.4, 0.5) is 0 Å². The molecule has 1 fully saturated rings. The zero-order valence-electron chi connectivity index (χ0n) is 11.1. The third kappa shape index (κ3) is 3.71. The monoisotopic (exact) mass is 301 g/mol.